The van der Waals surface area contributed by atoms with Crippen molar-refractivity contribution in [3.8, 4) is 11.3 Å². The highest BCUT2D eigenvalue weighted by molar-refractivity contribution is 5.88. The van der Waals surface area contributed by atoms with Crippen molar-refractivity contribution in [2.24, 2.45) is 0 Å². The van der Waals surface area contributed by atoms with Crippen LogP contribution in [0.15, 0.2) is 60.8 Å². The lowest BCUT2D eigenvalue weighted by atomic mass is 10.1. The molecule has 0 bridgehead atoms. The topological polar surface area (TPSA) is 85.4 Å². The van der Waals surface area contributed by atoms with E-state index in [2.05, 4.69) is 20.6 Å². The van der Waals surface area contributed by atoms with Gasteiger partial charge in [0.25, 0.3) is 0 Å². The highest BCUT2D eigenvalue weighted by Gasteiger charge is 2.16. The molecule has 2 aromatic carbocycles. The Labute approximate surface area is 169 Å². The Bertz CT molecular complexity index is 985. The molecule has 148 valence electrons. The molecule has 1 aliphatic heterocycles. The monoisotopic (exact) mass is 390 g/mol. The molecule has 7 heteroatoms. The van der Waals surface area contributed by atoms with Crippen molar-refractivity contribution >= 4 is 23.2 Å². The first kappa shape index (κ1) is 19.0. The second kappa shape index (κ2) is 8.81. The van der Waals surface area contributed by atoms with Crippen LogP contribution in [0.5, 0.6) is 0 Å². The molecule has 2 N–H and O–H groups in total. The maximum Gasteiger partial charge on any atom is 0.227 e. The van der Waals surface area contributed by atoms with Crippen LogP contribution in [0.25, 0.3) is 11.3 Å². The molecule has 1 saturated heterocycles. The van der Waals surface area contributed by atoms with Gasteiger partial charge in [0.1, 0.15) is 0 Å². The second-order valence-corrected chi connectivity index (χ2v) is 6.70. The van der Waals surface area contributed by atoms with Gasteiger partial charge in [0, 0.05) is 35.6 Å². The van der Waals surface area contributed by atoms with Crippen molar-refractivity contribution in [3.63, 3.8) is 0 Å². The van der Waals surface area contributed by atoms with Crippen LogP contribution in [-0.4, -0.2) is 29.1 Å². The molecule has 0 unspecified atom stereocenters. The highest BCUT2D eigenvalue weighted by atomic mass is 16.7. The molecule has 0 atom stereocenters. The number of anilines is 3. The largest absolute Gasteiger partial charge is 0.348 e. The highest BCUT2D eigenvalue weighted by Crippen LogP contribution is 2.26. The van der Waals surface area contributed by atoms with E-state index in [1.54, 1.807) is 6.20 Å². The zero-order valence-corrected chi connectivity index (χ0v) is 16.1. The van der Waals surface area contributed by atoms with Gasteiger partial charge in [0.05, 0.1) is 18.9 Å². The van der Waals surface area contributed by atoms with E-state index >= 15 is 0 Å². The molecule has 3 aromatic rings. The third-order valence-corrected chi connectivity index (χ3v) is 4.40. The second-order valence-electron chi connectivity index (χ2n) is 6.70. The number of benzene rings is 2. The Balaban J connectivity index is 1.50. The van der Waals surface area contributed by atoms with E-state index in [0.717, 1.165) is 34.6 Å². The number of carbonyl (C=O) groups is 1. The Kier molecular flexibility index (Phi) is 5.79. The zero-order valence-electron chi connectivity index (χ0n) is 16.1. The van der Waals surface area contributed by atoms with Gasteiger partial charge in [0.2, 0.25) is 11.9 Å². The molecule has 4 rings (SSSR count). The summed E-state index contributed by atoms with van der Waals surface area (Å²) in [7, 11) is 0. The number of nitrogens with one attached hydrogen (secondary N) is 2. The van der Waals surface area contributed by atoms with E-state index in [-0.39, 0.29) is 12.2 Å². The molecule has 1 aliphatic rings. The standard InChI is InChI=1S/C22H22N4O3/c1-15(27)24-18-8-6-16(7-9-18)20-10-11-23-22(26-20)25-19-5-2-4-17(14-19)21-28-12-3-13-29-21/h2,4-11,14,21H,3,12-13H2,1H3,(H,24,27)(H,23,25,26). The van der Waals surface area contributed by atoms with Gasteiger partial charge < -0.3 is 20.1 Å². The van der Waals surface area contributed by atoms with E-state index < -0.39 is 0 Å². The van der Waals surface area contributed by atoms with Gasteiger partial charge >= 0.3 is 0 Å². The first-order valence-electron chi connectivity index (χ1n) is 9.49. The lowest BCUT2D eigenvalue weighted by Crippen LogP contribution is -2.17. The average molecular weight is 390 g/mol. The van der Waals surface area contributed by atoms with Gasteiger partial charge in [-0.15, -0.1) is 0 Å². The maximum atomic E-state index is 11.2. The van der Waals surface area contributed by atoms with Crippen molar-refractivity contribution in [1.82, 2.24) is 9.97 Å². The quantitative estimate of drug-likeness (QED) is 0.676. The van der Waals surface area contributed by atoms with E-state index in [4.69, 9.17) is 9.47 Å². The molecule has 1 fully saturated rings. The third kappa shape index (κ3) is 4.96. The molecule has 29 heavy (non-hydrogen) atoms. The van der Waals surface area contributed by atoms with Crippen molar-refractivity contribution in [2.75, 3.05) is 23.8 Å². The maximum absolute atomic E-state index is 11.2. The summed E-state index contributed by atoms with van der Waals surface area (Å²) in [5.41, 5.74) is 4.28. The number of ether oxygens (including phenoxy) is 2. The fourth-order valence-electron chi connectivity index (χ4n) is 3.08. The molecule has 1 amide bonds. The number of nitrogens with zero attached hydrogens (tertiary/aromatic N) is 2. The van der Waals surface area contributed by atoms with Crippen LogP contribution in [0, 0.1) is 0 Å². The normalized spacial score (nSPS) is 14.4. The zero-order chi connectivity index (χ0) is 20.1. The minimum absolute atomic E-state index is 0.0995. The molecule has 0 spiro atoms. The van der Waals surface area contributed by atoms with Crippen LogP contribution in [0.1, 0.15) is 25.2 Å². The van der Waals surface area contributed by atoms with Crippen LogP contribution in [0.4, 0.5) is 17.3 Å². The molecular weight excluding hydrogens is 368 g/mol. The summed E-state index contributed by atoms with van der Waals surface area (Å²) in [6.45, 7) is 2.89. The van der Waals surface area contributed by atoms with E-state index in [1.165, 1.54) is 6.92 Å². The van der Waals surface area contributed by atoms with E-state index in [9.17, 15) is 4.79 Å². The minimum atomic E-state index is -0.333. The number of hydrogen-bond donors (Lipinski definition) is 2. The third-order valence-electron chi connectivity index (χ3n) is 4.40. The number of carbonyl (C=O) groups excluding carboxylic acids is 1. The summed E-state index contributed by atoms with van der Waals surface area (Å²) in [5.74, 6) is 0.397. The summed E-state index contributed by atoms with van der Waals surface area (Å²) in [6.07, 6.45) is 2.30. The van der Waals surface area contributed by atoms with Gasteiger partial charge in [-0.3, -0.25) is 4.79 Å². The Morgan fingerprint density at radius 2 is 1.83 bits per heavy atom. The molecule has 7 nitrogen and oxygen atoms in total. The number of rotatable bonds is 5. The number of amides is 1. The summed E-state index contributed by atoms with van der Waals surface area (Å²) in [5, 5.41) is 6.00. The lowest BCUT2D eigenvalue weighted by Gasteiger charge is -2.23. The summed E-state index contributed by atoms with van der Waals surface area (Å²) in [4.78, 5) is 20.1. The lowest BCUT2D eigenvalue weighted by molar-refractivity contribution is -0.183. The fourth-order valence-corrected chi connectivity index (χ4v) is 3.08. The molecule has 0 aliphatic carbocycles. The average Bonchev–Trinajstić information content (AvgIpc) is 2.75. The van der Waals surface area contributed by atoms with Crippen LogP contribution < -0.4 is 10.6 Å². The van der Waals surface area contributed by atoms with Gasteiger partial charge in [-0.1, -0.05) is 24.3 Å². The Morgan fingerprint density at radius 1 is 1.03 bits per heavy atom. The van der Waals surface area contributed by atoms with Crippen molar-refractivity contribution in [3.05, 3.63) is 66.4 Å². The summed E-state index contributed by atoms with van der Waals surface area (Å²) in [6, 6.07) is 17.2. The fraction of sp³-hybridized carbons (Fsp3) is 0.227. The summed E-state index contributed by atoms with van der Waals surface area (Å²) >= 11 is 0. The first-order valence-corrected chi connectivity index (χ1v) is 9.49. The van der Waals surface area contributed by atoms with Crippen molar-refractivity contribution in [1.29, 1.82) is 0 Å². The molecule has 2 heterocycles. The Hall–Kier alpha value is -3.29. The smallest absolute Gasteiger partial charge is 0.227 e. The van der Waals surface area contributed by atoms with E-state index in [1.807, 2.05) is 54.6 Å². The summed E-state index contributed by atoms with van der Waals surface area (Å²) < 4.78 is 11.3. The molecule has 0 saturated carbocycles. The van der Waals surface area contributed by atoms with Crippen LogP contribution in [-0.2, 0) is 14.3 Å². The van der Waals surface area contributed by atoms with Crippen LogP contribution >= 0.6 is 0 Å². The van der Waals surface area contributed by atoms with Crippen LogP contribution in [0.3, 0.4) is 0 Å². The van der Waals surface area contributed by atoms with Gasteiger partial charge in [-0.2, -0.15) is 0 Å². The molecular formula is C22H22N4O3. The molecule has 0 radical (unpaired) electrons. The minimum Gasteiger partial charge on any atom is -0.348 e. The number of hydrogen-bond acceptors (Lipinski definition) is 6. The van der Waals surface area contributed by atoms with E-state index in [0.29, 0.717) is 19.2 Å². The first-order chi connectivity index (χ1) is 14.2. The van der Waals surface area contributed by atoms with Crippen molar-refractivity contribution < 1.29 is 14.3 Å². The number of aromatic nitrogens is 2. The van der Waals surface area contributed by atoms with Gasteiger partial charge in [-0.05, 0) is 36.8 Å². The molecule has 1 aromatic heterocycles. The van der Waals surface area contributed by atoms with Crippen LogP contribution in [0.2, 0.25) is 0 Å². The predicted octanol–water partition coefficient (Wildman–Crippen LogP) is 4.28. The van der Waals surface area contributed by atoms with Gasteiger partial charge in [-0.25, -0.2) is 9.97 Å². The SMILES string of the molecule is CC(=O)Nc1ccc(-c2ccnc(Nc3cccc(C4OCCCO4)c3)n2)cc1. The predicted molar refractivity (Wildman–Crippen MR) is 111 cm³/mol. The Morgan fingerprint density at radius 3 is 2.59 bits per heavy atom. The van der Waals surface area contributed by atoms with Crippen molar-refractivity contribution in [2.45, 2.75) is 19.6 Å². The van der Waals surface area contributed by atoms with Gasteiger partial charge in [0.15, 0.2) is 6.29 Å².